The molecular formula is C16H29N4O3S+. The van der Waals surface area contributed by atoms with Gasteiger partial charge >= 0.3 is 0 Å². The highest BCUT2D eigenvalue weighted by Gasteiger charge is 2.32. The van der Waals surface area contributed by atoms with E-state index in [0.29, 0.717) is 36.9 Å². The number of ether oxygens (including phenoxy) is 1. The summed E-state index contributed by atoms with van der Waals surface area (Å²) in [5, 5.41) is 4.54. The highest BCUT2D eigenvalue weighted by Crippen LogP contribution is 2.24. The number of hydrogen-bond donors (Lipinski definition) is 1. The molecule has 7 nitrogen and oxygen atoms in total. The lowest BCUT2D eigenvalue weighted by atomic mass is 10.00. The number of likely N-dealkylation sites (tertiary alicyclic amines) is 1. The molecular weight excluding hydrogens is 328 g/mol. The van der Waals surface area contributed by atoms with Crippen molar-refractivity contribution in [3.05, 3.63) is 11.4 Å². The molecule has 1 N–H and O–H groups in total. The summed E-state index contributed by atoms with van der Waals surface area (Å²) in [5.74, 6) is 0.798. The predicted molar refractivity (Wildman–Crippen MR) is 90.4 cm³/mol. The van der Waals surface area contributed by atoms with Crippen molar-refractivity contribution in [3.8, 4) is 0 Å². The molecule has 2 saturated heterocycles. The van der Waals surface area contributed by atoms with E-state index in [1.54, 1.807) is 6.92 Å². The fraction of sp³-hybridized carbons (Fsp3) is 0.812. The molecule has 2 aliphatic heterocycles. The van der Waals surface area contributed by atoms with Gasteiger partial charge in [-0.25, -0.2) is 13.1 Å². The maximum Gasteiger partial charge on any atom is 0.246 e. The van der Waals surface area contributed by atoms with Gasteiger partial charge in [-0.05, 0) is 32.6 Å². The molecule has 2 fully saturated rings. The van der Waals surface area contributed by atoms with Crippen molar-refractivity contribution in [2.45, 2.75) is 45.2 Å². The molecule has 3 heterocycles. The van der Waals surface area contributed by atoms with E-state index in [0.717, 1.165) is 31.4 Å². The number of nitrogens with one attached hydrogen (secondary N) is 1. The second-order valence-electron chi connectivity index (χ2n) is 7.11. The van der Waals surface area contributed by atoms with Crippen molar-refractivity contribution in [3.63, 3.8) is 0 Å². The molecule has 0 atom stereocenters. The molecule has 0 saturated carbocycles. The molecule has 136 valence electrons. The molecule has 0 aromatic carbocycles. The molecule has 0 radical (unpaired) electrons. The molecule has 1 aromatic rings. The van der Waals surface area contributed by atoms with E-state index in [1.807, 2.05) is 11.6 Å². The first-order valence-electron chi connectivity index (χ1n) is 8.85. The van der Waals surface area contributed by atoms with E-state index in [1.165, 1.54) is 22.0 Å². The van der Waals surface area contributed by atoms with Gasteiger partial charge in [-0.3, -0.25) is 0 Å². The minimum Gasteiger partial charge on any atom is -0.379 e. The van der Waals surface area contributed by atoms with E-state index in [-0.39, 0.29) is 0 Å². The molecule has 3 rings (SSSR count). The Balaban J connectivity index is 1.81. The van der Waals surface area contributed by atoms with Crippen LogP contribution >= 0.6 is 0 Å². The quantitative estimate of drug-likeness (QED) is 0.810. The summed E-state index contributed by atoms with van der Waals surface area (Å²) in [6, 6.07) is 0. The number of aromatic nitrogens is 2. The van der Waals surface area contributed by atoms with Gasteiger partial charge < -0.3 is 9.64 Å². The van der Waals surface area contributed by atoms with Crippen molar-refractivity contribution in [2.75, 3.05) is 39.4 Å². The first-order chi connectivity index (χ1) is 11.4. The smallest absolute Gasteiger partial charge is 0.246 e. The number of morpholine rings is 1. The number of aryl methyl sites for hydroxylation is 1. The Labute approximate surface area is 144 Å². The van der Waals surface area contributed by atoms with Crippen LogP contribution in [0.1, 0.15) is 31.2 Å². The maximum atomic E-state index is 13.0. The number of sulfonamides is 1. The first-order valence-corrected chi connectivity index (χ1v) is 10.3. The average Bonchev–Trinajstić information content (AvgIpc) is 2.85. The van der Waals surface area contributed by atoms with Crippen LogP contribution in [0.3, 0.4) is 0 Å². The third-order valence-corrected chi connectivity index (χ3v) is 7.39. The van der Waals surface area contributed by atoms with E-state index in [4.69, 9.17) is 4.74 Å². The minimum absolute atomic E-state index is 0.383. The number of piperidine rings is 1. The third-order valence-electron chi connectivity index (χ3n) is 5.24. The molecule has 0 spiro atoms. The number of hydrogen-bond acceptors (Lipinski definition) is 4. The summed E-state index contributed by atoms with van der Waals surface area (Å²) in [5.41, 5.74) is 1.36. The highest BCUT2D eigenvalue weighted by molar-refractivity contribution is 7.89. The fourth-order valence-corrected chi connectivity index (χ4v) is 5.44. The van der Waals surface area contributed by atoms with Crippen molar-refractivity contribution in [2.24, 2.45) is 5.92 Å². The second kappa shape index (κ2) is 7.11. The fourth-order valence-electron chi connectivity index (χ4n) is 3.66. The van der Waals surface area contributed by atoms with Gasteiger partial charge in [0.25, 0.3) is 0 Å². The average molecular weight is 358 g/mol. The van der Waals surface area contributed by atoms with Gasteiger partial charge in [0.2, 0.25) is 10.0 Å². The Bertz CT molecular complexity index is 672. The lowest BCUT2D eigenvalue weighted by Crippen LogP contribution is -3.12. The van der Waals surface area contributed by atoms with Gasteiger partial charge in [-0.15, -0.1) is 0 Å². The van der Waals surface area contributed by atoms with E-state index < -0.39 is 10.0 Å². The van der Waals surface area contributed by atoms with Crippen molar-refractivity contribution in [1.82, 2.24) is 14.1 Å². The van der Waals surface area contributed by atoms with Gasteiger partial charge in [0.15, 0.2) is 6.67 Å². The Morgan fingerprint density at radius 2 is 1.83 bits per heavy atom. The predicted octanol–water partition coefficient (Wildman–Crippen LogP) is -0.207. The maximum absolute atomic E-state index is 13.0. The van der Waals surface area contributed by atoms with Gasteiger partial charge in [0.1, 0.15) is 4.90 Å². The first kappa shape index (κ1) is 17.8. The van der Waals surface area contributed by atoms with Crippen LogP contribution < -0.4 is 4.90 Å². The summed E-state index contributed by atoms with van der Waals surface area (Å²) >= 11 is 0. The van der Waals surface area contributed by atoms with E-state index in [9.17, 15) is 8.42 Å². The Morgan fingerprint density at radius 3 is 2.46 bits per heavy atom. The molecule has 8 heteroatoms. The van der Waals surface area contributed by atoms with Crippen LogP contribution in [0, 0.1) is 19.8 Å². The Hall–Kier alpha value is -0.960. The number of nitrogens with zero attached hydrogens (tertiary/aromatic N) is 3. The summed E-state index contributed by atoms with van der Waals surface area (Å²) in [4.78, 5) is 1.86. The van der Waals surface area contributed by atoms with Crippen LogP contribution in [0.4, 0.5) is 0 Å². The van der Waals surface area contributed by atoms with Gasteiger partial charge in [-0.2, -0.15) is 9.40 Å². The second-order valence-corrected chi connectivity index (χ2v) is 8.98. The van der Waals surface area contributed by atoms with Crippen LogP contribution in [0.25, 0.3) is 0 Å². The summed E-state index contributed by atoms with van der Waals surface area (Å²) < 4.78 is 34.7. The minimum atomic E-state index is -3.49. The Kier molecular flexibility index (Phi) is 5.29. The third kappa shape index (κ3) is 3.51. The molecule has 0 bridgehead atoms. The SMILES string of the molecule is Cc1nn(C[NH+]2CCC(C)CC2)c(C)c1S(=O)(=O)N1CCOCC1. The van der Waals surface area contributed by atoms with Gasteiger partial charge in [-0.1, -0.05) is 6.92 Å². The van der Waals surface area contributed by atoms with Crippen molar-refractivity contribution in [1.29, 1.82) is 0 Å². The summed E-state index contributed by atoms with van der Waals surface area (Å²) in [6.07, 6.45) is 2.46. The van der Waals surface area contributed by atoms with Crippen LogP contribution in [0.2, 0.25) is 0 Å². The van der Waals surface area contributed by atoms with Crippen LogP contribution in [-0.2, 0) is 21.4 Å². The zero-order chi connectivity index (χ0) is 17.3. The van der Waals surface area contributed by atoms with Crippen molar-refractivity contribution >= 4 is 10.0 Å². The summed E-state index contributed by atoms with van der Waals surface area (Å²) in [6.45, 7) is 10.7. The zero-order valence-electron chi connectivity index (χ0n) is 14.9. The molecule has 0 aliphatic carbocycles. The lowest BCUT2D eigenvalue weighted by molar-refractivity contribution is -0.929. The van der Waals surface area contributed by atoms with Crippen molar-refractivity contribution < 1.29 is 18.1 Å². The molecule has 24 heavy (non-hydrogen) atoms. The van der Waals surface area contributed by atoms with Gasteiger partial charge in [0, 0.05) is 13.1 Å². The van der Waals surface area contributed by atoms with Crippen LogP contribution in [0.5, 0.6) is 0 Å². The Morgan fingerprint density at radius 1 is 1.21 bits per heavy atom. The van der Waals surface area contributed by atoms with E-state index >= 15 is 0 Å². The standard InChI is InChI=1S/C16H28N4O3S/c1-13-4-6-18(7-5-13)12-20-15(3)16(14(2)17-20)24(21,22)19-8-10-23-11-9-19/h13H,4-12H2,1-3H3/p+1. The molecule has 0 unspecified atom stereocenters. The van der Waals surface area contributed by atoms with Crippen LogP contribution in [-0.4, -0.2) is 61.9 Å². The van der Waals surface area contributed by atoms with Gasteiger partial charge in [0.05, 0.1) is 37.7 Å². The van der Waals surface area contributed by atoms with Crippen LogP contribution in [0.15, 0.2) is 4.90 Å². The lowest BCUT2D eigenvalue weighted by Gasteiger charge is -2.27. The molecule has 1 aromatic heterocycles. The normalized spacial score (nSPS) is 26.6. The highest BCUT2D eigenvalue weighted by atomic mass is 32.2. The largest absolute Gasteiger partial charge is 0.379 e. The topological polar surface area (TPSA) is 68.9 Å². The molecule has 2 aliphatic rings. The molecule has 0 amide bonds. The van der Waals surface area contributed by atoms with E-state index in [2.05, 4.69) is 12.0 Å². The zero-order valence-corrected chi connectivity index (χ0v) is 15.7. The monoisotopic (exact) mass is 357 g/mol. The number of rotatable bonds is 4. The summed E-state index contributed by atoms with van der Waals surface area (Å²) in [7, 11) is -3.49. The number of quaternary nitrogens is 1.